The Bertz CT molecular complexity index is 880. The number of amides is 1. The number of ether oxygens (including phenoxy) is 1. The van der Waals surface area contributed by atoms with Crippen LogP contribution in [0.4, 0.5) is 5.69 Å². The van der Waals surface area contributed by atoms with E-state index in [2.05, 4.69) is 32.5 Å². The summed E-state index contributed by atoms with van der Waals surface area (Å²) in [5.41, 5.74) is 3.43. The molecule has 0 saturated carbocycles. The molecule has 30 heavy (non-hydrogen) atoms. The molecule has 0 aromatic heterocycles. The van der Waals surface area contributed by atoms with E-state index in [0.29, 0.717) is 22.8 Å². The van der Waals surface area contributed by atoms with Gasteiger partial charge in [-0.25, -0.2) is 9.98 Å². The van der Waals surface area contributed by atoms with Gasteiger partial charge >= 0.3 is 0 Å². The first-order chi connectivity index (χ1) is 14.2. The third kappa shape index (κ3) is 6.56. The van der Waals surface area contributed by atoms with Crippen molar-refractivity contribution >= 4 is 23.5 Å². The molecule has 0 radical (unpaired) electrons. The summed E-state index contributed by atoms with van der Waals surface area (Å²) in [5, 5.41) is 9.40. The fraction of sp³-hybridized carbons (Fsp3) is 0.435. The molecule has 1 fully saturated rings. The summed E-state index contributed by atoms with van der Waals surface area (Å²) in [6, 6.07) is 6.07. The molecule has 0 atom stereocenters. The molecular formula is C23H33N5O2. The van der Waals surface area contributed by atoms with Crippen LogP contribution in [0.3, 0.4) is 0 Å². The number of nitrogens with one attached hydrogen (secondary N) is 3. The number of carbonyl (C=O) groups excluding carboxylic acids is 1. The Morgan fingerprint density at radius 1 is 1.33 bits per heavy atom. The van der Waals surface area contributed by atoms with Crippen molar-refractivity contribution in [2.45, 2.75) is 53.7 Å². The Balaban J connectivity index is 2.41. The van der Waals surface area contributed by atoms with Crippen molar-refractivity contribution in [1.82, 2.24) is 10.6 Å². The van der Waals surface area contributed by atoms with E-state index in [1.165, 1.54) is 0 Å². The summed E-state index contributed by atoms with van der Waals surface area (Å²) >= 11 is 0. The van der Waals surface area contributed by atoms with Gasteiger partial charge in [0.2, 0.25) is 0 Å². The fourth-order valence-electron chi connectivity index (χ4n) is 2.74. The summed E-state index contributed by atoms with van der Waals surface area (Å²) in [5.74, 6) is 1.03. The van der Waals surface area contributed by atoms with Crippen LogP contribution in [0.15, 0.2) is 51.9 Å². The lowest BCUT2D eigenvalue weighted by Crippen LogP contribution is -2.57. The van der Waals surface area contributed by atoms with E-state index in [1.807, 2.05) is 52.8 Å². The van der Waals surface area contributed by atoms with Crippen LogP contribution in [-0.2, 0) is 4.79 Å². The third-order valence-corrected chi connectivity index (χ3v) is 4.36. The SMILES string of the molecule is C=C(C)C(/N=C(\C)C(=O)NC1CNC1)=C(\N=C/C)Nc1ccc(C)cc1OC(C)C. The van der Waals surface area contributed by atoms with Gasteiger partial charge in [-0.05, 0) is 64.8 Å². The van der Waals surface area contributed by atoms with Crippen LogP contribution in [0.1, 0.15) is 40.2 Å². The molecule has 0 bridgehead atoms. The number of carbonyl (C=O) groups is 1. The molecule has 1 aliphatic heterocycles. The molecule has 1 aliphatic rings. The zero-order valence-corrected chi connectivity index (χ0v) is 18.8. The van der Waals surface area contributed by atoms with Crippen LogP contribution in [0.5, 0.6) is 5.75 Å². The first-order valence-electron chi connectivity index (χ1n) is 10.2. The number of benzene rings is 1. The lowest BCUT2D eigenvalue weighted by atomic mass is 10.1. The molecule has 0 unspecified atom stereocenters. The van der Waals surface area contributed by atoms with Crippen LogP contribution in [0.25, 0.3) is 0 Å². The van der Waals surface area contributed by atoms with Crippen molar-refractivity contribution in [3.8, 4) is 5.75 Å². The Morgan fingerprint density at radius 3 is 2.57 bits per heavy atom. The van der Waals surface area contributed by atoms with Crippen molar-refractivity contribution < 1.29 is 9.53 Å². The van der Waals surface area contributed by atoms with E-state index in [4.69, 9.17) is 4.74 Å². The van der Waals surface area contributed by atoms with E-state index in [0.717, 1.165) is 30.1 Å². The molecule has 1 aromatic rings. The standard InChI is InChI=1S/C23H33N5O2/c1-8-25-22(28-19-10-9-16(6)11-20(19)30-15(4)5)21(14(2)3)26-17(7)23(29)27-18-12-24-13-18/h8-11,15,18,24,28H,2,12-13H2,1,3-7H3,(H,27,29)/b22-21-,25-8-,26-17+. The van der Waals surface area contributed by atoms with Crippen LogP contribution in [0.2, 0.25) is 0 Å². The van der Waals surface area contributed by atoms with Gasteiger partial charge in [0.1, 0.15) is 17.2 Å². The highest BCUT2D eigenvalue weighted by molar-refractivity contribution is 6.38. The molecule has 1 amide bonds. The fourth-order valence-corrected chi connectivity index (χ4v) is 2.74. The minimum absolute atomic E-state index is 0.0278. The van der Waals surface area contributed by atoms with Crippen molar-refractivity contribution in [2.75, 3.05) is 18.4 Å². The highest BCUT2D eigenvalue weighted by Gasteiger charge is 2.20. The second-order valence-electron chi connectivity index (χ2n) is 7.68. The van der Waals surface area contributed by atoms with Crippen molar-refractivity contribution in [3.63, 3.8) is 0 Å². The predicted octanol–water partition coefficient (Wildman–Crippen LogP) is 3.58. The number of hydrogen-bond acceptors (Lipinski definition) is 6. The Kier molecular flexibility index (Phi) is 8.35. The Morgan fingerprint density at radius 2 is 2.03 bits per heavy atom. The molecule has 2 rings (SSSR count). The van der Waals surface area contributed by atoms with Crippen LogP contribution in [-0.4, -0.2) is 43.1 Å². The molecule has 1 aromatic carbocycles. The number of hydrogen-bond donors (Lipinski definition) is 3. The van der Waals surface area contributed by atoms with Gasteiger partial charge in [0.25, 0.3) is 5.91 Å². The Labute approximate surface area is 179 Å². The maximum atomic E-state index is 12.5. The van der Waals surface area contributed by atoms with Crippen LogP contribution >= 0.6 is 0 Å². The van der Waals surface area contributed by atoms with E-state index in [1.54, 1.807) is 13.1 Å². The van der Waals surface area contributed by atoms with Gasteiger partial charge in [-0.1, -0.05) is 12.6 Å². The van der Waals surface area contributed by atoms with Crippen LogP contribution in [0, 0.1) is 6.92 Å². The molecule has 7 heteroatoms. The summed E-state index contributed by atoms with van der Waals surface area (Å²) in [4.78, 5) is 21.5. The lowest BCUT2D eigenvalue weighted by molar-refractivity contribution is -0.115. The summed E-state index contributed by atoms with van der Waals surface area (Å²) in [7, 11) is 0. The summed E-state index contributed by atoms with van der Waals surface area (Å²) in [6.07, 6.45) is 1.70. The van der Waals surface area contributed by atoms with E-state index < -0.39 is 0 Å². The van der Waals surface area contributed by atoms with Gasteiger partial charge < -0.3 is 20.7 Å². The lowest BCUT2D eigenvalue weighted by Gasteiger charge is -2.27. The van der Waals surface area contributed by atoms with Gasteiger partial charge in [0.05, 0.1) is 17.8 Å². The number of aryl methyl sites for hydroxylation is 1. The zero-order chi connectivity index (χ0) is 22.3. The third-order valence-electron chi connectivity index (χ3n) is 4.36. The maximum Gasteiger partial charge on any atom is 0.265 e. The molecule has 0 aliphatic carbocycles. The first kappa shape index (κ1) is 23.3. The molecule has 3 N–H and O–H groups in total. The molecule has 162 valence electrons. The highest BCUT2D eigenvalue weighted by Crippen LogP contribution is 2.29. The average Bonchev–Trinajstić information content (AvgIpc) is 2.63. The number of anilines is 1. The van der Waals surface area contributed by atoms with E-state index >= 15 is 0 Å². The average molecular weight is 412 g/mol. The molecule has 0 spiro atoms. The highest BCUT2D eigenvalue weighted by atomic mass is 16.5. The minimum Gasteiger partial charge on any atom is -0.489 e. The smallest absolute Gasteiger partial charge is 0.265 e. The Hall–Kier alpha value is -2.93. The summed E-state index contributed by atoms with van der Waals surface area (Å²) in [6.45, 7) is 16.9. The molecule has 7 nitrogen and oxygen atoms in total. The number of rotatable bonds is 9. The topological polar surface area (TPSA) is 87.1 Å². The number of aliphatic imine (C=N–C) groups is 2. The van der Waals surface area contributed by atoms with Gasteiger partial charge in [-0.2, -0.15) is 0 Å². The van der Waals surface area contributed by atoms with Crippen molar-refractivity contribution in [1.29, 1.82) is 0 Å². The molecular weight excluding hydrogens is 378 g/mol. The quantitative estimate of drug-likeness (QED) is 0.428. The predicted molar refractivity (Wildman–Crippen MR) is 124 cm³/mol. The van der Waals surface area contributed by atoms with Crippen molar-refractivity contribution in [3.05, 3.63) is 47.4 Å². The molecule has 1 saturated heterocycles. The first-order valence-corrected chi connectivity index (χ1v) is 10.2. The van der Waals surface area contributed by atoms with Gasteiger partial charge in [-0.15, -0.1) is 0 Å². The largest absolute Gasteiger partial charge is 0.489 e. The number of nitrogens with zero attached hydrogens (tertiary/aromatic N) is 2. The van der Waals surface area contributed by atoms with Crippen LogP contribution < -0.4 is 20.7 Å². The van der Waals surface area contributed by atoms with E-state index in [9.17, 15) is 4.79 Å². The van der Waals surface area contributed by atoms with Gasteiger partial charge in [0, 0.05) is 19.3 Å². The van der Waals surface area contributed by atoms with E-state index in [-0.39, 0.29) is 18.1 Å². The normalized spacial score (nSPS) is 15.6. The van der Waals surface area contributed by atoms with Crippen molar-refractivity contribution in [2.24, 2.45) is 9.98 Å². The zero-order valence-electron chi connectivity index (χ0n) is 18.8. The summed E-state index contributed by atoms with van der Waals surface area (Å²) < 4.78 is 5.96. The molecule has 1 heterocycles. The van der Waals surface area contributed by atoms with Gasteiger partial charge in [-0.3, -0.25) is 4.79 Å². The monoisotopic (exact) mass is 411 g/mol. The van der Waals surface area contributed by atoms with Gasteiger partial charge in [0.15, 0.2) is 5.82 Å². The maximum absolute atomic E-state index is 12.5. The minimum atomic E-state index is -0.195. The number of allylic oxidation sites excluding steroid dienone is 1. The second kappa shape index (κ2) is 10.7. The second-order valence-corrected chi connectivity index (χ2v) is 7.68.